The van der Waals surface area contributed by atoms with E-state index in [0.717, 1.165) is 43.5 Å². The first-order chi connectivity index (χ1) is 14.1. The van der Waals surface area contributed by atoms with Gasteiger partial charge in [0.15, 0.2) is 0 Å². The second-order valence-corrected chi connectivity index (χ2v) is 8.45. The summed E-state index contributed by atoms with van der Waals surface area (Å²) in [7, 11) is -3.28. The van der Waals surface area contributed by atoms with Gasteiger partial charge in [0.1, 0.15) is 11.9 Å². The molecule has 1 unspecified atom stereocenters. The number of benzene rings is 2. The average Bonchev–Trinajstić information content (AvgIpc) is 2.68. The Balaban J connectivity index is 0.000000469. The van der Waals surface area contributed by atoms with Crippen molar-refractivity contribution in [3.05, 3.63) is 59.7 Å². The van der Waals surface area contributed by atoms with E-state index in [0.29, 0.717) is 5.69 Å². The van der Waals surface area contributed by atoms with Crippen LogP contribution in [0.4, 0.5) is 5.69 Å². The molecule has 0 aromatic heterocycles. The van der Waals surface area contributed by atoms with Gasteiger partial charge in [-0.3, -0.25) is 4.72 Å². The van der Waals surface area contributed by atoms with Crippen molar-refractivity contribution in [3.8, 4) is 5.75 Å². The van der Waals surface area contributed by atoms with Crippen molar-refractivity contribution in [1.82, 2.24) is 5.32 Å². The second kappa shape index (κ2) is 10.6. The molecule has 0 spiro atoms. The Hall–Kier alpha value is -3.11. The van der Waals surface area contributed by atoms with E-state index in [-0.39, 0.29) is 6.10 Å². The van der Waals surface area contributed by atoms with Crippen molar-refractivity contribution >= 4 is 27.6 Å². The van der Waals surface area contributed by atoms with E-state index >= 15 is 0 Å². The van der Waals surface area contributed by atoms with E-state index in [1.54, 1.807) is 12.1 Å². The number of carboxylic acids is 2. The summed E-state index contributed by atoms with van der Waals surface area (Å²) in [5.41, 5.74) is 2.90. The smallest absolute Gasteiger partial charge is 0.414 e. The third-order valence-electron chi connectivity index (χ3n) is 4.13. The van der Waals surface area contributed by atoms with E-state index in [1.807, 2.05) is 24.3 Å². The molecule has 1 heterocycles. The zero-order valence-electron chi connectivity index (χ0n) is 16.4. The van der Waals surface area contributed by atoms with Crippen molar-refractivity contribution in [2.75, 3.05) is 17.5 Å². The van der Waals surface area contributed by atoms with Crippen LogP contribution in [-0.2, 0) is 32.6 Å². The van der Waals surface area contributed by atoms with Crippen LogP contribution in [0.5, 0.6) is 5.75 Å². The lowest BCUT2D eigenvalue weighted by atomic mass is 10.0. The minimum absolute atomic E-state index is 0.0923. The number of carboxylic acid groups (broad SMARTS) is 2. The van der Waals surface area contributed by atoms with Gasteiger partial charge in [-0.15, -0.1) is 0 Å². The van der Waals surface area contributed by atoms with Gasteiger partial charge in [-0.2, -0.15) is 0 Å². The Kier molecular flexibility index (Phi) is 8.19. The summed E-state index contributed by atoms with van der Waals surface area (Å²) in [5.74, 6) is -2.88. The lowest BCUT2D eigenvalue weighted by Crippen LogP contribution is -2.34. The van der Waals surface area contributed by atoms with Crippen molar-refractivity contribution in [2.24, 2.45) is 0 Å². The molecule has 0 aliphatic carbocycles. The van der Waals surface area contributed by atoms with Crippen molar-refractivity contribution in [1.29, 1.82) is 0 Å². The maximum absolute atomic E-state index is 11.3. The predicted molar refractivity (Wildman–Crippen MR) is 111 cm³/mol. The minimum Gasteiger partial charge on any atom is -0.489 e. The van der Waals surface area contributed by atoms with Crippen LogP contribution in [0, 0.1) is 0 Å². The number of sulfonamides is 1. The van der Waals surface area contributed by atoms with Gasteiger partial charge in [0.25, 0.3) is 0 Å². The molecule has 9 nitrogen and oxygen atoms in total. The number of fused-ring (bicyclic) bond motifs is 1. The molecule has 0 bridgehead atoms. The van der Waals surface area contributed by atoms with Crippen molar-refractivity contribution in [3.63, 3.8) is 0 Å². The first-order valence-electron chi connectivity index (χ1n) is 9.12. The highest BCUT2D eigenvalue weighted by Gasteiger charge is 2.20. The first kappa shape index (κ1) is 23.2. The Morgan fingerprint density at radius 2 is 1.77 bits per heavy atom. The van der Waals surface area contributed by atoms with E-state index < -0.39 is 22.0 Å². The van der Waals surface area contributed by atoms with Crippen LogP contribution in [0.15, 0.2) is 48.5 Å². The molecule has 1 aliphatic rings. The van der Waals surface area contributed by atoms with E-state index in [9.17, 15) is 8.42 Å². The molecule has 0 saturated heterocycles. The third-order valence-corrected chi connectivity index (χ3v) is 4.73. The van der Waals surface area contributed by atoms with Crippen LogP contribution >= 0.6 is 0 Å². The monoisotopic (exact) mass is 436 g/mol. The lowest BCUT2D eigenvalue weighted by Gasteiger charge is -2.27. The molecule has 10 heteroatoms. The first-order valence-corrected chi connectivity index (χ1v) is 11.0. The molecule has 1 atom stereocenters. The number of nitrogens with one attached hydrogen (secondary N) is 2. The van der Waals surface area contributed by atoms with Gasteiger partial charge >= 0.3 is 11.9 Å². The van der Waals surface area contributed by atoms with Crippen LogP contribution in [-0.4, -0.2) is 49.5 Å². The quantitative estimate of drug-likeness (QED) is 0.501. The summed E-state index contributed by atoms with van der Waals surface area (Å²) in [5, 5.41) is 18.2. The highest BCUT2D eigenvalue weighted by molar-refractivity contribution is 7.92. The summed E-state index contributed by atoms with van der Waals surface area (Å²) in [6, 6.07) is 15.7. The topological polar surface area (TPSA) is 142 Å². The fraction of sp³-hybridized carbons (Fsp3) is 0.300. The Morgan fingerprint density at radius 3 is 2.37 bits per heavy atom. The number of ether oxygens (including phenoxy) is 1. The number of carbonyl (C=O) groups is 2. The van der Waals surface area contributed by atoms with Crippen molar-refractivity contribution < 1.29 is 33.0 Å². The molecule has 30 heavy (non-hydrogen) atoms. The van der Waals surface area contributed by atoms with Crippen LogP contribution in [0.2, 0.25) is 0 Å². The molecule has 3 rings (SSSR count). The molecule has 1 aliphatic heterocycles. The van der Waals surface area contributed by atoms with Crippen molar-refractivity contribution in [2.45, 2.75) is 25.5 Å². The Labute approximate surface area is 174 Å². The summed E-state index contributed by atoms with van der Waals surface area (Å²) < 4.78 is 31.2. The summed E-state index contributed by atoms with van der Waals surface area (Å²) in [4.78, 5) is 18.2. The molecule has 162 valence electrons. The number of hydrogen-bond acceptors (Lipinski definition) is 6. The SMILES string of the molecule is CS(=O)(=O)Nc1ccc2c(c1)OC(CNCc1ccccc1)CC2.O=C(O)C(=O)O. The third kappa shape index (κ3) is 8.10. The van der Waals surface area contributed by atoms with Crippen LogP contribution in [0.25, 0.3) is 0 Å². The zero-order chi connectivity index (χ0) is 22.1. The minimum atomic E-state index is -3.28. The highest BCUT2D eigenvalue weighted by Crippen LogP contribution is 2.30. The average molecular weight is 436 g/mol. The van der Waals surface area contributed by atoms with Crippen LogP contribution < -0.4 is 14.8 Å². The molecular formula is C20H24N2O7S. The summed E-state index contributed by atoms with van der Waals surface area (Å²) in [6.45, 7) is 1.57. The Bertz CT molecular complexity index is 966. The molecule has 4 N–H and O–H groups in total. The maximum Gasteiger partial charge on any atom is 0.414 e. The normalized spacial score (nSPS) is 15.0. The largest absolute Gasteiger partial charge is 0.489 e. The van der Waals surface area contributed by atoms with Gasteiger partial charge in [0.2, 0.25) is 10.0 Å². The fourth-order valence-electron chi connectivity index (χ4n) is 2.82. The molecule has 0 fully saturated rings. The molecule has 0 amide bonds. The maximum atomic E-state index is 11.3. The van der Waals surface area contributed by atoms with E-state index in [2.05, 4.69) is 22.2 Å². The number of rotatable bonds is 6. The molecule has 2 aromatic carbocycles. The van der Waals surface area contributed by atoms with Crippen LogP contribution in [0.1, 0.15) is 17.5 Å². The highest BCUT2D eigenvalue weighted by atomic mass is 32.2. The van der Waals surface area contributed by atoms with Gasteiger partial charge in [-0.1, -0.05) is 36.4 Å². The molecule has 2 aromatic rings. The number of anilines is 1. The number of hydrogen-bond donors (Lipinski definition) is 4. The van der Waals surface area contributed by atoms with Crippen LogP contribution in [0.3, 0.4) is 0 Å². The predicted octanol–water partition coefficient (Wildman–Crippen LogP) is 1.70. The van der Waals surface area contributed by atoms with E-state index in [1.165, 1.54) is 5.56 Å². The zero-order valence-corrected chi connectivity index (χ0v) is 17.2. The van der Waals surface area contributed by atoms with Gasteiger partial charge in [-0.25, -0.2) is 18.0 Å². The summed E-state index contributed by atoms with van der Waals surface area (Å²) >= 11 is 0. The molecule has 0 radical (unpaired) electrons. The van der Waals surface area contributed by atoms with Gasteiger partial charge in [0.05, 0.1) is 11.9 Å². The standard InChI is InChI=1S/C18H22N2O3S.C2H2O4/c1-24(21,22)20-16-9-7-15-8-10-17(23-18(15)11-16)13-19-12-14-5-3-2-4-6-14;3-1(4)2(5)6/h2-7,9,11,17,19-20H,8,10,12-13H2,1H3;(H,3,4)(H,5,6). The van der Waals surface area contributed by atoms with Gasteiger partial charge < -0.3 is 20.3 Å². The fourth-order valence-corrected chi connectivity index (χ4v) is 3.38. The lowest BCUT2D eigenvalue weighted by molar-refractivity contribution is -0.159. The summed E-state index contributed by atoms with van der Waals surface area (Å²) in [6.07, 6.45) is 3.12. The number of aryl methyl sites for hydroxylation is 1. The van der Waals surface area contributed by atoms with Gasteiger partial charge in [0, 0.05) is 19.2 Å². The Morgan fingerprint density at radius 1 is 1.10 bits per heavy atom. The van der Waals surface area contributed by atoms with E-state index in [4.69, 9.17) is 24.5 Å². The van der Waals surface area contributed by atoms with Gasteiger partial charge in [-0.05, 0) is 30.0 Å². The molecule has 0 saturated carbocycles. The number of aliphatic carboxylic acids is 2. The second-order valence-electron chi connectivity index (χ2n) is 6.70. The molecular weight excluding hydrogens is 412 g/mol.